The van der Waals surface area contributed by atoms with Crippen molar-refractivity contribution in [3.8, 4) is 16.3 Å². The predicted molar refractivity (Wildman–Crippen MR) is 69.5 cm³/mol. The first-order valence-corrected chi connectivity index (χ1v) is 6.03. The van der Waals surface area contributed by atoms with Gasteiger partial charge in [-0.1, -0.05) is 18.2 Å². The van der Waals surface area contributed by atoms with E-state index in [1.165, 1.54) is 11.3 Å². The number of hydrogen-bond donors (Lipinski definition) is 2. The Labute approximate surface area is 101 Å². The molecule has 0 aliphatic heterocycles. The minimum atomic E-state index is -0.331. The Morgan fingerprint density at radius 2 is 1.94 bits per heavy atom. The Morgan fingerprint density at radius 3 is 2.71 bits per heavy atom. The molecule has 0 unspecified atom stereocenters. The van der Waals surface area contributed by atoms with Gasteiger partial charge >= 0.3 is 0 Å². The normalized spacial score (nSPS) is 10.8. The molecule has 0 saturated heterocycles. The van der Waals surface area contributed by atoms with Gasteiger partial charge in [-0.3, -0.25) is 4.79 Å². The summed E-state index contributed by atoms with van der Waals surface area (Å²) in [5, 5.41) is 12.3. The summed E-state index contributed by atoms with van der Waals surface area (Å²) in [7, 11) is 0. The van der Waals surface area contributed by atoms with Gasteiger partial charge in [0.25, 0.3) is 0 Å². The van der Waals surface area contributed by atoms with E-state index in [2.05, 4.69) is 4.98 Å². The van der Waals surface area contributed by atoms with Gasteiger partial charge in [0, 0.05) is 10.9 Å². The van der Waals surface area contributed by atoms with Gasteiger partial charge in [-0.05, 0) is 23.6 Å². The lowest BCUT2D eigenvalue weighted by atomic mass is 10.1. The summed E-state index contributed by atoms with van der Waals surface area (Å²) in [5.74, 6) is -0.217. The number of nitrogens with one attached hydrogen (secondary N) is 1. The number of H-pyrrole nitrogens is 1. The monoisotopic (exact) mass is 243 g/mol. The van der Waals surface area contributed by atoms with Gasteiger partial charge < -0.3 is 10.1 Å². The minimum Gasteiger partial charge on any atom is -0.503 e. The largest absolute Gasteiger partial charge is 0.503 e. The van der Waals surface area contributed by atoms with Gasteiger partial charge in [-0.2, -0.15) is 0 Å². The predicted octanol–water partition coefficient (Wildman–Crippen LogP) is 2.96. The van der Waals surface area contributed by atoms with Gasteiger partial charge in [0.2, 0.25) is 5.43 Å². The summed E-state index contributed by atoms with van der Waals surface area (Å²) < 4.78 is 0. The van der Waals surface area contributed by atoms with E-state index in [1.54, 1.807) is 12.1 Å². The molecule has 2 N–H and O–H groups in total. The van der Waals surface area contributed by atoms with E-state index in [1.807, 2.05) is 29.6 Å². The maximum Gasteiger partial charge on any atom is 0.231 e. The van der Waals surface area contributed by atoms with Crippen molar-refractivity contribution in [1.29, 1.82) is 0 Å². The van der Waals surface area contributed by atoms with Gasteiger partial charge in [-0.15, -0.1) is 11.3 Å². The molecule has 0 amide bonds. The smallest absolute Gasteiger partial charge is 0.231 e. The van der Waals surface area contributed by atoms with Gasteiger partial charge in [0.05, 0.1) is 4.88 Å². The second-order valence-electron chi connectivity index (χ2n) is 3.70. The highest BCUT2D eigenvalue weighted by molar-refractivity contribution is 7.13. The molecular weight excluding hydrogens is 234 g/mol. The lowest BCUT2D eigenvalue weighted by molar-refractivity contribution is 0.471. The molecule has 0 saturated carbocycles. The van der Waals surface area contributed by atoms with Crippen LogP contribution in [0.5, 0.6) is 5.75 Å². The molecule has 3 aromatic rings. The Kier molecular flexibility index (Phi) is 2.23. The zero-order valence-corrected chi connectivity index (χ0v) is 9.62. The van der Waals surface area contributed by atoms with Crippen LogP contribution in [0.3, 0.4) is 0 Å². The van der Waals surface area contributed by atoms with Crippen molar-refractivity contribution in [2.75, 3.05) is 0 Å². The highest BCUT2D eigenvalue weighted by atomic mass is 32.1. The number of pyridine rings is 1. The van der Waals surface area contributed by atoms with Crippen LogP contribution < -0.4 is 5.43 Å². The van der Waals surface area contributed by atoms with E-state index in [4.69, 9.17) is 0 Å². The lowest BCUT2D eigenvalue weighted by Gasteiger charge is -2.04. The third-order valence-corrected chi connectivity index (χ3v) is 3.54. The lowest BCUT2D eigenvalue weighted by Crippen LogP contribution is -2.04. The fraction of sp³-hybridized carbons (Fsp3) is 0. The Bertz CT molecular complexity index is 729. The number of aromatic amines is 1. The van der Waals surface area contributed by atoms with E-state index in [0.29, 0.717) is 11.1 Å². The zero-order valence-electron chi connectivity index (χ0n) is 8.81. The third kappa shape index (κ3) is 1.54. The van der Waals surface area contributed by atoms with Crippen LogP contribution in [0.1, 0.15) is 0 Å². The summed E-state index contributed by atoms with van der Waals surface area (Å²) in [6.07, 6.45) is 0. The van der Waals surface area contributed by atoms with Crippen LogP contribution >= 0.6 is 11.3 Å². The first-order chi connectivity index (χ1) is 8.27. The highest BCUT2D eigenvalue weighted by Crippen LogP contribution is 2.29. The average molecular weight is 243 g/mol. The first-order valence-electron chi connectivity index (χ1n) is 5.15. The summed E-state index contributed by atoms with van der Waals surface area (Å²) >= 11 is 1.48. The van der Waals surface area contributed by atoms with E-state index < -0.39 is 0 Å². The molecule has 0 fully saturated rings. The number of benzene rings is 1. The molecule has 0 spiro atoms. The second-order valence-corrected chi connectivity index (χ2v) is 4.65. The summed E-state index contributed by atoms with van der Waals surface area (Å²) in [6, 6.07) is 10.9. The van der Waals surface area contributed by atoms with Gasteiger partial charge in [0.1, 0.15) is 5.69 Å². The van der Waals surface area contributed by atoms with Crippen molar-refractivity contribution < 1.29 is 5.11 Å². The standard InChI is InChI=1S/C13H9NO2S/c15-12-8-4-1-2-5-9(8)14-11(13(12)16)10-6-3-7-17-10/h1-7,16H,(H,14,15). The molecule has 1 aromatic carbocycles. The molecule has 4 heteroatoms. The van der Waals surface area contributed by atoms with Crippen molar-refractivity contribution in [3.05, 3.63) is 52.0 Å². The molecule has 0 aliphatic rings. The van der Waals surface area contributed by atoms with E-state index in [9.17, 15) is 9.90 Å². The van der Waals surface area contributed by atoms with Crippen molar-refractivity contribution in [2.24, 2.45) is 0 Å². The van der Waals surface area contributed by atoms with Crippen LogP contribution in [0.2, 0.25) is 0 Å². The van der Waals surface area contributed by atoms with Crippen LogP contribution in [-0.4, -0.2) is 10.1 Å². The Hall–Kier alpha value is -2.07. The molecule has 3 nitrogen and oxygen atoms in total. The fourth-order valence-electron chi connectivity index (χ4n) is 1.82. The number of para-hydroxylation sites is 1. The molecule has 0 aliphatic carbocycles. The van der Waals surface area contributed by atoms with E-state index in [-0.39, 0.29) is 11.2 Å². The third-order valence-electron chi connectivity index (χ3n) is 2.65. The van der Waals surface area contributed by atoms with Crippen molar-refractivity contribution in [1.82, 2.24) is 4.98 Å². The molecule has 3 rings (SSSR count). The van der Waals surface area contributed by atoms with Crippen molar-refractivity contribution >= 4 is 22.2 Å². The summed E-state index contributed by atoms with van der Waals surface area (Å²) in [5.41, 5.74) is 0.894. The molecule has 0 atom stereocenters. The number of fused-ring (bicyclic) bond motifs is 1. The molecule has 2 aromatic heterocycles. The topological polar surface area (TPSA) is 53.1 Å². The van der Waals surface area contributed by atoms with Crippen molar-refractivity contribution in [3.63, 3.8) is 0 Å². The number of aromatic nitrogens is 1. The van der Waals surface area contributed by atoms with Crippen LogP contribution in [0.25, 0.3) is 21.5 Å². The van der Waals surface area contributed by atoms with Crippen LogP contribution in [0, 0.1) is 0 Å². The first kappa shape index (κ1) is 10.1. The second kappa shape index (κ2) is 3.75. The van der Waals surface area contributed by atoms with E-state index >= 15 is 0 Å². The molecule has 0 bridgehead atoms. The number of thiophene rings is 1. The molecule has 2 heterocycles. The summed E-state index contributed by atoms with van der Waals surface area (Å²) in [4.78, 5) is 15.9. The van der Waals surface area contributed by atoms with Crippen LogP contribution in [0.4, 0.5) is 0 Å². The minimum absolute atomic E-state index is 0.217. The van der Waals surface area contributed by atoms with Gasteiger partial charge in [0.15, 0.2) is 5.75 Å². The zero-order chi connectivity index (χ0) is 11.8. The molecule has 84 valence electrons. The molecule has 0 radical (unpaired) electrons. The maximum atomic E-state index is 12.0. The average Bonchev–Trinajstić information content (AvgIpc) is 2.87. The number of aromatic hydroxyl groups is 1. The number of hydrogen-bond acceptors (Lipinski definition) is 3. The van der Waals surface area contributed by atoms with Crippen LogP contribution in [-0.2, 0) is 0 Å². The SMILES string of the molecule is O=c1c(O)c(-c2cccs2)[nH]c2ccccc12. The maximum absolute atomic E-state index is 12.0. The highest BCUT2D eigenvalue weighted by Gasteiger charge is 2.12. The number of rotatable bonds is 1. The quantitative estimate of drug-likeness (QED) is 0.690. The van der Waals surface area contributed by atoms with Crippen molar-refractivity contribution in [2.45, 2.75) is 0 Å². The van der Waals surface area contributed by atoms with E-state index in [0.717, 1.165) is 10.4 Å². The Balaban J connectivity index is 2.42. The fourth-order valence-corrected chi connectivity index (χ4v) is 2.55. The Morgan fingerprint density at radius 1 is 1.12 bits per heavy atom. The summed E-state index contributed by atoms with van der Waals surface area (Å²) in [6.45, 7) is 0. The van der Waals surface area contributed by atoms with Crippen LogP contribution in [0.15, 0.2) is 46.6 Å². The van der Waals surface area contributed by atoms with Gasteiger partial charge in [-0.25, -0.2) is 0 Å². The molecule has 17 heavy (non-hydrogen) atoms. The molecular formula is C13H9NO2S.